The van der Waals surface area contributed by atoms with E-state index >= 15 is 0 Å². The molecule has 0 rings (SSSR count). The van der Waals surface area contributed by atoms with Gasteiger partial charge in [-0.15, -0.1) is 12.4 Å². The van der Waals surface area contributed by atoms with E-state index in [0.29, 0.717) is 0 Å². The highest BCUT2D eigenvalue weighted by Gasteiger charge is 2.31. The number of methoxy groups -OCH3 is 1. The van der Waals surface area contributed by atoms with E-state index in [1.54, 1.807) is 20.8 Å². The predicted molar refractivity (Wildman–Crippen MR) is 55.1 cm³/mol. The summed E-state index contributed by atoms with van der Waals surface area (Å²) in [5.41, 5.74) is 4.29. The van der Waals surface area contributed by atoms with Gasteiger partial charge in [-0.05, 0) is 20.8 Å². The van der Waals surface area contributed by atoms with Crippen LogP contribution in [0.15, 0.2) is 0 Å². The molecule has 0 aliphatic heterocycles. The van der Waals surface area contributed by atoms with Crippen LogP contribution in [0, 0.1) is 0 Å². The molecule has 0 aromatic heterocycles. The maximum Gasteiger partial charge on any atom is 0.330 e. The van der Waals surface area contributed by atoms with Crippen molar-refractivity contribution >= 4 is 24.3 Å². The molecule has 0 bridgehead atoms. The van der Waals surface area contributed by atoms with Crippen LogP contribution in [-0.4, -0.2) is 30.6 Å². The van der Waals surface area contributed by atoms with Gasteiger partial charge < -0.3 is 15.8 Å². The Hall–Kier alpha value is -0.810. The van der Waals surface area contributed by atoms with Crippen LogP contribution < -0.4 is 11.1 Å². The molecule has 0 unspecified atom stereocenters. The first-order valence-electron chi connectivity index (χ1n) is 3.97. The topological polar surface area (TPSA) is 81.4 Å². The molecule has 0 radical (unpaired) electrons. The van der Waals surface area contributed by atoms with E-state index in [9.17, 15) is 9.59 Å². The fourth-order valence-electron chi connectivity index (χ4n) is 0.728. The van der Waals surface area contributed by atoms with Crippen molar-refractivity contribution in [3.05, 3.63) is 0 Å². The first-order valence-corrected chi connectivity index (χ1v) is 3.97. The zero-order chi connectivity index (χ0) is 10.6. The average Bonchev–Trinajstić information content (AvgIpc) is 2.01. The fraction of sp³-hybridized carbons (Fsp3) is 0.750. The summed E-state index contributed by atoms with van der Waals surface area (Å²) in [6, 6.07) is -0.635. The van der Waals surface area contributed by atoms with Gasteiger partial charge >= 0.3 is 5.97 Å². The summed E-state index contributed by atoms with van der Waals surface area (Å²) in [7, 11) is 1.27. The van der Waals surface area contributed by atoms with Crippen LogP contribution in [0.1, 0.15) is 20.8 Å². The molecular formula is C8H17ClN2O3. The van der Waals surface area contributed by atoms with Gasteiger partial charge in [-0.2, -0.15) is 0 Å². The lowest BCUT2D eigenvalue weighted by Gasteiger charge is -2.23. The van der Waals surface area contributed by atoms with Gasteiger partial charge in [0.1, 0.15) is 5.54 Å². The van der Waals surface area contributed by atoms with Gasteiger partial charge in [-0.3, -0.25) is 4.79 Å². The van der Waals surface area contributed by atoms with Gasteiger partial charge in [0.25, 0.3) is 0 Å². The van der Waals surface area contributed by atoms with Crippen LogP contribution in [0.25, 0.3) is 0 Å². The van der Waals surface area contributed by atoms with Crippen molar-refractivity contribution in [2.45, 2.75) is 32.4 Å². The summed E-state index contributed by atoms with van der Waals surface area (Å²) >= 11 is 0. The first kappa shape index (κ1) is 15.7. The molecule has 0 aromatic rings. The van der Waals surface area contributed by atoms with Crippen LogP contribution in [-0.2, 0) is 14.3 Å². The van der Waals surface area contributed by atoms with Crippen LogP contribution in [0.3, 0.4) is 0 Å². The largest absolute Gasteiger partial charge is 0.467 e. The van der Waals surface area contributed by atoms with Crippen molar-refractivity contribution in [2.24, 2.45) is 5.73 Å². The van der Waals surface area contributed by atoms with E-state index < -0.39 is 17.6 Å². The normalized spacial score (nSPS) is 12.4. The Kier molecular flexibility index (Phi) is 6.51. The second kappa shape index (κ2) is 5.82. The van der Waals surface area contributed by atoms with E-state index in [4.69, 9.17) is 5.73 Å². The summed E-state index contributed by atoms with van der Waals surface area (Å²) in [6.45, 7) is 4.65. The second-order valence-corrected chi connectivity index (χ2v) is 3.39. The lowest BCUT2D eigenvalue weighted by molar-refractivity contribution is -0.149. The summed E-state index contributed by atoms with van der Waals surface area (Å²) < 4.78 is 4.50. The third kappa shape index (κ3) is 4.43. The SMILES string of the molecule is COC(=O)C(C)(C)NC(=O)[C@H](C)N.Cl. The van der Waals surface area contributed by atoms with Crippen molar-refractivity contribution < 1.29 is 14.3 Å². The van der Waals surface area contributed by atoms with Crippen molar-refractivity contribution in [2.75, 3.05) is 7.11 Å². The molecule has 0 saturated carbocycles. The maximum absolute atomic E-state index is 11.1. The quantitative estimate of drug-likeness (QED) is 0.652. The Morgan fingerprint density at radius 3 is 2.14 bits per heavy atom. The number of nitrogens with one attached hydrogen (secondary N) is 1. The number of rotatable bonds is 3. The average molecular weight is 225 g/mol. The van der Waals surface area contributed by atoms with E-state index in [1.165, 1.54) is 7.11 Å². The minimum Gasteiger partial charge on any atom is -0.467 e. The molecule has 14 heavy (non-hydrogen) atoms. The lowest BCUT2D eigenvalue weighted by Crippen LogP contribution is -2.54. The molecule has 0 aromatic carbocycles. The highest BCUT2D eigenvalue weighted by atomic mass is 35.5. The smallest absolute Gasteiger partial charge is 0.330 e. The van der Waals surface area contributed by atoms with Crippen molar-refractivity contribution in [3.8, 4) is 0 Å². The van der Waals surface area contributed by atoms with E-state index in [2.05, 4.69) is 10.1 Å². The Morgan fingerprint density at radius 1 is 1.43 bits per heavy atom. The molecule has 84 valence electrons. The highest BCUT2D eigenvalue weighted by Crippen LogP contribution is 2.04. The molecule has 6 heteroatoms. The van der Waals surface area contributed by atoms with Gasteiger partial charge in [0.2, 0.25) is 5.91 Å². The van der Waals surface area contributed by atoms with Gasteiger partial charge in [0, 0.05) is 0 Å². The maximum atomic E-state index is 11.1. The molecule has 0 aliphatic carbocycles. The standard InChI is InChI=1S/C8H16N2O3.ClH/c1-5(9)6(11)10-8(2,3)7(12)13-4;/h5H,9H2,1-4H3,(H,10,11);1H/t5-;/m0./s1. The molecule has 0 spiro atoms. The third-order valence-electron chi connectivity index (χ3n) is 1.54. The van der Waals surface area contributed by atoms with Crippen LogP contribution in [0.2, 0.25) is 0 Å². The van der Waals surface area contributed by atoms with Gasteiger partial charge in [-0.1, -0.05) is 0 Å². The molecule has 1 atom stereocenters. The fourth-order valence-corrected chi connectivity index (χ4v) is 0.728. The zero-order valence-corrected chi connectivity index (χ0v) is 9.60. The zero-order valence-electron chi connectivity index (χ0n) is 8.79. The van der Waals surface area contributed by atoms with Crippen molar-refractivity contribution in [3.63, 3.8) is 0 Å². The lowest BCUT2D eigenvalue weighted by atomic mass is 10.1. The van der Waals surface area contributed by atoms with Crippen LogP contribution in [0.4, 0.5) is 0 Å². The Bertz CT molecular complexity index is 217. The van der Waals surface area contributed by atoms with Gasteiger partial charge in [0.05, 0.1) is 13.2 Å². The van der Waals surface area contributed by atoms with Crippen molar-refractivity contribution in [1.29, 1.82) is 0 Å². The molecular weight excluding hydrogens is 208 g/mol. The van der Waals surface area contributed by atoms with E-state index in [0.717, 1.165) is 0 Å². The number of carbonyl (C=O) groups excluding carboxylic acids is 2. The molecule has 0 fully saturated rings. The highest BCUT2D eigenvalue weighted by molar-refractivity contribution is 5.89. The molecule has 1 amide bonds. The summed E-state index contributed by atoms with van der Waals surface area (Å²) in [5, 5.41) is 2.47. The van der Waals surface area contributed by atoms with E-state index in [-0.39, 0.29) is 18.3 Å². The minimum absolute atomic E-state index is 0. The molecule has 3 N–H and O–H groups in total. The monoisotopic (exact) mass is 224 g/mol. The second-order valence-electron chi connectivity index (χ2n) is 3.39. The predicted octanol–water partition coefficient (Wildman–Crippen LogP) is -0.177. The molecule has 0 saturated heterocycles. The molecule has 0 heterocycles. The van der Waals surface area contributed by atoms with Crippen LogP contribution >= 0.6 is 12.4 Å². The number of nitrogens with two attached hydrogens (primary N) is 1. The number of amides is 1. The van der Waals surface area contributed by atoms with Gasteiger partial charge in [-0.25, -0.2) is 4.79 Å². The first-order chi connectivity index (χ1) is 5.81. The summed E-state index contributed by atoms with van der Waals surface area (Å²) in [6.07, 6.45) is 0. The molecule has 0 aliphatic rings. The number of hydrogen-bond acceptors (Lipinski definition) is 4. The number of hydrogen-bond donors (Lipinski definition) is 2. The number of esters is 1. The number of halogens is 1. The molecule has 5 nitrogen and oxygen atoms in total. The number of carbonyl (C=O) groups is 2. The van der Waals surface area contributed by atoms with Gasteiger partial charge in [0.15, 0.2) is 0 Å². The Balaban J connectivity index is 0. The van der Waals surface area contributed by atoms with E-state index in [1.807, 2.05) is 0 Å². The minimum atomic E-state index is -1.03. The van der Waals surface area contributed by atoms with Crippen molar-refractivity contribution in [1.82, 2.24) is 5.32 Å². The Morgan fingerprint density at radius 2 is 1.86 bits per heavy atom. The van der Waals surface area contributed by atoms with Crippen LogP contribution in [0.5, 0.6) is 0 Å². The third-order valence-corrected chi connectivity index (χ3v) is 1.54. The number of ether oxygens (including phenoxy) is 1. The summed E-state index contributed by atoms with van der Waals surface area (Å²) in [4.78, 5) is 22.2. The Labute approximate surface area is 89.8 Å². The summed E-state index contributed by atoms with van der Waals surface area (Å²) in [5.74, 6) is -0.878.